The second kappa shape index (κ2) is 20.4. The molecular weight excluding hydrogens is 936 g/mol. The van der Waals surface area contributed by atoms with Gasteiger partial charge >= 0.3 is 13.5 Å². The van der Waals surface area contributed by atoms with Crippen molar-refractivity contribution in [1.29, 1.82) is 0 Å². The van der Waals surface area contributed by atoms with E-state index in [0.29, 0.717) is 79.7 Å². The van der Waals surface area contributed by atoms with Crippen LogP contribution in [0.5, 0.6) is 5.75 Å². The number of likely N-dealkylation sites (tertiary alicyclic amines) is 1. The van der Waals surface area contributed by atoms with E-state index in [9.17, 15) is 28.1 Å². The minimum atomic E-state index is -4.52. The highest BCUT2D eigenvalue weighted by Crippen LogP contribution is 2.58. The molecule has 5 heterocycles. The molecule has 1 aromatic heterocycles. The van der Waals surface area contributed by atoms with Gasteiger partial charge in [0.05, 0.1) is 11.5 Å². The molecule has 70 heavy (non-hydrogen) atoms. The average molecular weight is 1000 g/mol. The first-order valence-electron chi connectivity index (χ1n) is 25.2. The van der Waals surface area contributed by atoms with Crippen LogP contribution >= 0.6 is 18.9 Å². The fourth-order valence-corrected chi connectivity index (χ4v) is 14.5. The first-order valence-corrected chi connectivity index (χ1v) is 27.7. The number of benzene rings is 3. The molecule has 3 aromatic carbocycles. The van der Waals surface area contributed by atoms with Gasteiger partial charge in [-0.2, -0.15) is 0 Å². The first-order chi connectivity index (χ1) is 33.8. The summed E-state index contributed by atoms with van der Waals surface area (Å²) < 4.78 is 63.2. The highest BCUT2D eigenvalue weighted by molar-refractivity contribution is 7.57. The molecule has 0 bridgehead atoms. The number of hydrogen-bond donors (Lipinski definition) is 2. The summed E-state index contributed by atoms with van der Waals surface area (Å²) in [6, 6.07) is 22.0. The number of carbonyl (C=O) groups excluding carboxylic acids is 4. The molecular formula is C53H64F2N5O8PS. The number of carbonyl (C=O) groups is 4. The molecule has 13 nitrogen and oxygen atoms in total. The molecule has 6 fully saturated rings. The van der Waals surface area contributed by atoms with Crippen LogP contribution in [0, 0.1) is 5.92 Å². The lowest BCUT2D eigenvalue weighted by molar-refractivity contribution is -0.148. The number of ether oxygens (including phenoxy) is 2. The minimum Gasteiger partial charge on any atom is -0.464 e. The fraction of sp³-hybridized carbons (Fsp3) is 0.547. The van der Waals surface area contributed by atoms with Gasteiger partial charge in [0.1, 0.15) is 30.0 Å². The summed E-state index contributed by atoms with van der Waals surface area (Å²) in [5.74, 6) is -3.15. The Morgan fingerprint density at radius 3 is 2.37 bits per heavy atom. The number of fused-ring (bicyclic) bond motifs is 2. The van der Waals surface area contributed by atoms with Gasteiger partial charge in [-0.25, -0.2) is 13.9 Å². The first kappa shape index (κ1) is 48.9. The highest BCUT2D eigenvalue weighted by Gasteiger charge is 2.59. The third kappa shape index (κ3) is 10.2. The van der Waals surface area contributed by atoms with Gasteiger partial charge in [-0.15, -0.1) is 11.3 Å². The number of hydrogen-bond acceptors (Lipinski definition) is 10. The second-order valence-corrected chi connectivity index (χ2v) is 23.8. The van der Waals surface area contributed by atoms with E-state index in [0.717, 1.165) is 32.1 Å². The Morgan fingerprint density at radius 2 is 1.66 bits per heavy atom. The molecule has 1 unspecified atom stereocenters. The summed E-state index contributed by atoms with van der Waals surface area (Å²) in [7, 11) is -2.49. The molecule has 17 heteroatoms. The Morgan fingerprint density at radius 1 is 0.929 bits per heavy atom. The average Bonchev–Trinajstić information content (AvgIpc) is 3.63. The van der Waals surface area contributed by atoms with Crippen LogP contribution in [-0.4, -0.2) is 120 Å². The Balaban J connectivity index is 0.870. The minimum absolute atomic E-state index is 0.0121. The smallest absolute Gasteiger partial charge is 0.355 e. The van der Waals surface area contributed by atoms with Gasteiger partial charge in [0.15, 0.2) is 0 Å². The largest absolute Gasteiger partial charge is 0.464 e. The number of amides is 3. The summed E-state index contributed by atoms with van der Waals surface area (Å²) in [6.07, 6.45) is 7.24. The van der Waals surface area contributed by atoms with Gasteiger partial charge in [0.2, 0.25) is 17.7 Å². The van der Waals surface area contributed by atoms with Gasteiger partial charge < -0.3 is 34.0 Å². The lowest BCUT2D eigenvalue weighted by atomic mass is 9.86. The van der Waals surface area contributed by atoms with E-state index < -0.39 is 49.6 Å². The quantitative estimate of drug-likeness (QED) is 0.0874. The van der Waals surface area contributed by atoms with E-state index in [1.807, 2.05) is 25.2 Å². The number of halogens is 2. The zero-order valence-electron chi connectivity index (χ0n) is 39.9. The standard InChI is InChI=1S/C53H64F2N5O8PS/c1-33(52(64)67-32-34-19-23-66-24-20-34)57-69(65,68-43-11-7-4-8-12-43)48(55)36-13-18-46-37(25-36)26-47(70-46)49(61)56-44-16-14-40(58(2)42-27-39(54)28-42)29-41-15-17-45(60(41)50(44)62)51(63)59-31-38(30-53(59)21-22-53)35-9-5-3-6-10-35/h3-13,18,25-26,33-34,38-42,44-45,48H,14-17,19-24,27-32H2,1-2H3,(H,56,61)(H,57,65)/t33-,38+,39?,40-,41+,42?,44-,45-,48-,69?/m0/s1. The van der Waals surface area contributed by atoms with Crippen molar-refractivity contribution in [3.8, 4) is 5.75 Å². The Hall–Kier alpha value is -4.73. The molecule has 10 rings (SSSR count). The number of alkyl halides is 2. The van der Waals surface area contributed by atoms with Gasteiger partial charge in [0.25, 0.3) is 5.91 Å². The van der Waals surface area contributed by atoms with Crippen molar-refractivity contribution >= 4 is 52.6 Å². The van der Waals surface area contributed by atoms with Crippen molar-refractivity contribution in [2.24, 2.45) is 5.92 Å². The molecule has 374 valence electrons. The van der Waals surface area contributed by atoms with Crippen LogP contribution in [-0.2, 0) is 28.4 Å². The molecule has 4 aliphatic heterocycles. The maximum absolute atomic E-state index is 16.9. The highest BCUT2D eigenvalue weighted by atomic mass is 32.1. The van der Waals surface area contributed by atoms with Crippen molar-refractivity contribution in [2.45, 2.75) is 144 Å². The lowest BCUT2D eigenvalue weighted by Gasteiger charge is -2.45. The van der Waals surface area contributed by atoms with Crippen LogP contribution in [0.3, 0.4) is 0 Å². The van der Waals surface area contributed by atoms with Crippen LogP contribution in [0.4, 0.5) is 8.78 Å². The van der Waals surface area contributed by atoms with Crippen molar-refractivity contribution in [1.82, 2.24) is 25.1 Å². The Kier molecular flexibility index (Phi) is 14.3. The number of thiophene rings is 1. The summed E-state index contributed by atoms with van der Waals surface area (Å²) in [6.45, 7) is 3.41. The molecule has 2 aliphatic carbocycles. The van der Waals surface area contributed by atoms with Gasteiger partial charge in [0, 0.05) is 54.0 Å². The number of rotatable bonds is 15. The predicted octanol–water partition coefficient (Wildman–Crippen LogP) is 9.08. The molecule has 2 N–H and O–H groups in total. The monoisotopic (exact) mass is 999 g/mol. The predicted molar refractivity (Wildman–Crippen MR) is 263 cm³/mol. The zero-order chi connectivity index (χ0) is 48.7. The van der Waals surface area contributed by atoms with E-state index in [2.05, 4.69) is 32.3 Å². The zero-order valence-corrected chi connectivity index (χ0v) is 41.6. The summed E-state index contributed by atoms with van der Waals surface area (Å²) in [5.41, 5.74) is 1.05. The number of nitrogens with zero attached hydrogens (tertiary/aromatic N) is 3. The lowest BCUT2D eigenvalue weighted by Crippen LogP contribution is -2.59. The van der Waals surface area contributed by atoms with E-state index in [-0.39, 0.29) is 65.2 Å². The Labute approximate surface area is 412 Å². The summed E-state index contributed by atoms with van der Waals surface area (Å²) in [4.78, 5) is 63.7. The molecule has 6 aliphatic rings. The molecule has 4 aromatic rings. The van der Waals surface area contributed by atoms with Gasteiger partial charge in [-0.1, -0.05) is 54.6 Å². The molecule has 1 spiro atoms. The fourth-order valence-electron chi connectivity index (χ4n) is 11.6. The van der Waals surface area contributed by atoms with Crippen LogP contribution < -0.4 is 14.9 Å². The van der Waals surface area contributed by atoms with Crippen LogP contribution in [0.25, 0.3) is 10.1 Å². The van der Waals surface area contributed by atoms with Crippen molar-refractivity contribution in [3.63, 3.8) is 0 Å². The SMILES string of the molecule is C[C@H](NP(=O)(Oc1ccccc1)[C@H](F)c1ccc2sc(C(=O)N[C@H]3CC[C@H](N(C)C4CC(F)C4)C[C@H]4CC[C@@H](C(=O)N5C[C@H](c6ccccc6)CC56CC6)N4C3=O)cc2c1)C(=O)OCC1CCOCC1. The second-order valence-electron chi connectivity index (χ2n) is 20.6. The summed E-state index contributed by atoms with van der Waals surface area (Å²) in [5, 5.41) is 6.24. The Bertz CT molecular complexity index is 2590. The van der Waals surface area contributed by atoms with Crippen LogP contribution in [0.1, 0.15) is 117 Å². The number of nitrogens with one attached hydrogen (secondary N) is 2. The van der Waals surface area contributed by atoms with E-state index in [4.69, 9.17) is 14.0 Å². The van der Waals surface area contributed by atoms with E-state index in [1.165, 1.54) is 36.0 Å². The molecule has 0 radical (unpaired) electrons. The van der Waals surface area contributed by atoms with Crippen LogP contribution in [0.15, 0.2) is 84.9 Å². The number of esters is 1. The molecule has 4 saturated heterocycles. The third-order valence-electron chi connectivity index (χ3n) is 16.0. The maximum Gasteiger partial charge on any atom is 0.355 e. The van der Waals surface area contributed by atoms with E-state index >= 15 is 4.39 Å². The molecule has 3 amide bonds. The topological polar surface area (TPSA) is 147 Å². The maximum atomic E-state index is 16.9. The molecule has 2 saturated carbocycles. The normalized spacial score (nSPS) is 28.3. The number of para-hydroxylation sites is 1. The molecule has 8 atom stereocenters. The van der Waals surface area contributed by atoms with Gasteiger partial charge in [-0.3, -0.25) is 23.7 Å². The third-order valence-corrected chi connectivity index (χ3v) is 19.2. The van der Waals surface area contributed by atoms with Gasteiger partial charge in [-0.05, 0) is 144 Å². The van der Waals surface area contributed by atoms with Crippen molar-refractivity contribution in [2.75, 3.05) is 33.4 Å². The van der Waals surface area contributed by atoms with E-state index in [1.54, 1.807) is 47.4 Å². The van der Waals surface area contributed by atoms with Crippen molar-refractivity contribution < 1.29 is 46.5 Å². The van der Waals surface area contributed by atoms with Crippen molar-refractivity contribution in [3.05, 3.63) is 101 Å². The summed E-state index contributed by atoms with van der Waals surface area (Å²) >= 11 is 1.18. The van der Waals surface area contributed by atoms with Crippen LogP contribution in [0.2, 0.25) is 0 Å².